The molecule has 2 N–H and O–H groups in total. The van der Waals surface area contributed by atoms with Gasteiger partial charge >= 0.3 is 6.18 Å². The Morgan fingerprint density at radius 1 is 1.29 bits per heavy atom. The Kier molecular flexibility index (Phi) is 5.14. The van der Waals surface area contributed by atoms with Crippen LogP contribution < -0.4 is 5.73 Å². The maximum absolute atomic E-state index is 12.5. The molecule has 0 bridgehead atoms. The SMILES string of the molecule is COCCSCc1cc(N)cc(C(F)(F)F)c1. The van der Waals surface area contributed by atoms with E-state index in [-0.39, 0.29) is 5.69 Å². The average molecular weight is 265 g/mol. The van der Waals surface area contributed by atoms with Gasteiger partial charge in [-0.05, 0) is 23.8 Å². The second-order valence-corrected chi connectivity index (χ2v) is 4.61. The minimum Gasteiger partial charge on any atom is -0.399 e. The number of nitrogens with two attached hydrogens (primary N) is 1. The van der Waals surface area contributed by atoms with E-state index in [1.807, 2.05) is 0 Å². The van der Waals surface area contributed by atoms with Gasteiger partial charge in [0.2, 0.25) is 0 Å². The average Bonchev–Trinajstić information content (AvgIpc) is 2.22. The second kappa shape index (κ2) is 6.16. The van der Waals surface area contributed by atoms with Gasteiger partial charge in [0.15, 0.2) is 0 Å². The zero-order valence-corrected chi connectivity index (χ0v) is 10.2. The van der Waals surface area contributed by atoms with Crippen LogP contribution in [0, 0.1) is 0 Å². The summed E-state index contributed by atoms with van der Waals surface area (Å²) >= 11 is 1.51. The van der Waals surface area contributed by atoms with Crippen LogP contribution in [0.1, 0.15) is 11.1 Å². The summed E-state index contributed by atoms with van der Waals surface area (Å²) in [5.74, 6) is 1.24. The van der Waals surface area contributed by atoms with Gasteiger partial charge in [-0.2, -0.15) is 24.9 Å². The number of ether oxygens (including phenoxy) is 1. The first-order valence-electron chi connectivity index (χ1n) is 4.97. The van der Waals surface area contributed by atoms with Crippen molar-refractivity contribution in [3.05, 3.63) is 29.3 Å². The standard InChI is InChI=1S/C11H14F3NOS/c1-16-2-3-17-7-8-4-9(11(12,13)14)6-10(15)5-8/h4-6H,2-3,7,15H2,1H3. The maximum atomic E-state index is 12.5. The van der Waals surface area contributed by atoms with Gasteiger partial charge in [-0.3, -0.25) is 0 Å². The van der Waals surface area contributed by atoms with Crippen molar-refractivity contribution in [3.8, 4) is 0 Å². The van der Waals surface area contributed by atoms with Gasteiger partial charge in [-0.25, -0.2) is 0 Å². The molecule has 2 nitrogen and oxygen atoms in total. The normalized spacial score (nSPS) is 11.8. The summed E-state index contributed by atoms with van der Waals surface area (Å²) in [6.45, 7) is 0.582. The largest absolute Gasteiger partial charge is 0.416 e. The van der Waals surface area contributed by atoms with Crippen LogP contribution in [0.4, 0.5) is 18.9 Å². The molecule has 0 spiro atoms. The van der Waals surface area contributed by atoms with Crippen molar-refractivity contribution in [2.45, 2.75) is 11.9 Å². The number of hydrogen-bond acceptors (Lipinski definition) is 3. The molecule has 0 fully saturated rings. The van der Waals surface area contributed by atoms with Crippen LogP contribution in [0.3, 0.4) is 0 Å². The number of hydrogen-bond donors (Lipinski definition) is 1. The highest BCUT2D eigenvalue weighted by atomic mass is 32.2. The number of nitrogen functional groups attached to an aromatic ring is 1. The molecule has 1 rings (SSSR count). The molecule has 0 heterocycles. The molecule has 96 valence electrons. The lowest BCUT2D eigenvalue weighted by Crippen LogP contribution is -2.06. The number of thioether (sulfide) groups is 1. The third-order valence-corrected chi connectivity index (χ3v) is 3.04. The molecule has 0 radical (unpaired) electrons. The summed E-state index contributed by atoms with van der Waals surface area (Å²) in [6.07, 6.45) is -4.35. The fourth-order valence-corrected chi connectivity index (χ4v) is 2.13. The molecule has 1 aromatic carbocycles. The molecule has 0 saturated heterocycles. The van der Waals surface area contributed by atoms with E-state index in [1.165, 1.54) is 11.8 Å². The van der Waals surface area contributed by atoms with Gasteiger partial charge in [0.1, 0.15) is 0 Å². The molecule has 0 aromatic heterocycles. The van der Waals surface area contributed by atoms with Gasteiger partial charge in [0.25, 0.3) is 0 Å². The summed E-state index contributed by atoms with van der Waals surface area (Å²) < 4.78 is 42.4. The van der Waals surface area contributed by atoms with E-state index in [2.05, 4.69) is 0 Å². The predicted molar refractivity (Wildman–Crippen MR) is 63.9 cm³/mol. The molecule has 0 amide bonds. The van der Waals surface area contributed by atoms with Crippen molar-refractivity contribution in [1.29, 1.82) is 0 Å². The summed E-state index contributed by atoms with van der Waals surface area (Å²) in [7, 11) is 1.59. The number of anilines is 1. The first-order valence-corrected chi connectivity index (χ1v) is 6.12. The Hall–Kier alpha value is -0.880. The van der Waals surface area contributed by atoms with Gasteiger partial charge in [-0.1, -0.05) is 0 Å². The van der Waals surface area contributed by atoms with Gasteiger partial charge in [-0.15, -0.1) is 0 Å². The van der Waals surface area contributed by atoms with E-state index < -0.39 is 11.7 Å². The molecule has 0 saturated carbocycles. The van der Waals surface area contributed by atoms with Crippen molar-refractivity contribution >= 4 is 17.4 Å². The number of halogens is 3. The Morgan fingerprint density at radius 3 is 2.59 bits per heavy atom. The molecule has 17 heavy (non-hydrogen) atoms. The highest BCUT2D eigenvalue weighted by molar-refractivity contribution is 7.98. The van der Waals surface area contributed by atoms with Gasteiger partial charge in [0.05, 0.1) is 12.2 Å². The number of rotatable bonds is 5. The van der Waals surface area contributed by atoms with E-state index in [9.17, 15) is 13.2 Å². The first kappa shape index (κ1) is 14.2. The summed E-state index contributed by atoms with van der Waals surface area (Å²) in [6, 6.07) is 3.65. The molecule has 1 aromatic rings. The minimum absolute atomic E-state index is 0.141. The maximum Gasteiger partial charge on any atom is 0.416 e. The van der Waals surface area contributed by atoms with E-state index in [4.69, 9.17) is 10.5 Å². The Balaban J connectivity index is 2.69. The van der Waals surface area contributed by atoms with Crippen molar-refractivity contribution in [2.75, 3.05) is 25.2 Å². The van der Waals surface area contributed by atoms with Crippen molar-refractivity contribution in [3.63, 3.8) is 0 Å². The molecule has 0 unspecified atom stereocenters. The number of alkyl halides is 3. The number of methoxy groups -OCH3 is 1. The van der Waals surface area contributed by atoms with Crippen LogP contribution in [-0.2, 0) is 16.7 Å². The fraction of sp³-hybridized carbons (Fsp3) is 0.455. The lowest BCUT2D eigenvalue weighted by Gasteiger charge is -2.10. The first-order chi connectivity index (χ1) is 7.93. The van der Waals surface area contributed by atoms with Crippen LogP contribution in [0.25, 0.3) is 0 Å². The van der Waals surface area contributed by atoms with Crippen LogP contribution in [-0.4, -0.2) is 19.5 Å². The molecule has 0 aliphatic carbocycles. The highest BCUT2D eigenvalue weighted by Gasteiger charge is 2.30. The minimum atomic E-state index is -4.35. The zero-order chi connectivity index (χ0) is 12.9. The predicted octanol–water partition coefficient (Wildman–Crippen LogP) is 3.17. The Morgan fingerprint density at radius 2 is 2.00 bits per heavy atom. The quantitative estimate of drug-likeness (QED) is 0.656. The molecule has 0 atom stereocenters. The van der Waals surface area contributed by atoms with Gasteiger partial charge < -0.3 is 10.5 Å². The van der Waals surface area contributed by atoms with Crippen molar-refractivity contribution in [1.82, 2.24) is 0 Å². The third-order valence-electron chi connectivity index (χ3n) is 2.04. The lowest BCUT2D eigenvalue weighted by atomic mass is 10.1. The monoisotopic (exact) mass is 265 g/mol. The summed E-state index contributed by atoms with van der Waals surface area (Å²) in [5.41, 5.74) is 5.48. The van der Waals surface area contributed by atoms with Crippen LogP contribution in [0.2, 0.25) is 0 Å². The van der Waals surface area contributed by atoms with E-state index >= 15 is 0 Å². The van der Waals surface area contributed by atoms with Crippen molar-refractivity contribution < 1.29 is 17.9 Å². The van der Waals surface area contributed by atoms with Crippen LogP contribution >= 0.6 is 11.8 Å². The van der Waals surface area contributed by atoms with E-state index in [0.29, 0.717) is 17.9 Å². The van der Waals surface area contributed by atoms with E-state index in [1.54, 1.807) is 13.2 Å². The fourth-order valence-electron chi connectivity index (χ4n) is 1.30. The topological polar surface area (TPSA) is 35.2 Å². The highest BCUT2D eigenvalue weighted by Crippen LogP contribution is 2.32. The lowest BCUT2D eigenvalue weighted by molar-refractivity contribution is -0.137. The Labute approximate surface area is 102 Å². The summed E-state index contributed by atoms with van der Waals surface area (Å²) in [5, 5.41) is 0. The molecule has 0 aliphatic rings. The van der Waals surface area contributed by atoms with Crippen molar-refractivity contribution in [2.24, 2.45) is 0 Å². The Bertz CT molecular complexity index is 368. The molecule has 0 aliphatic heterocycles. The molecular formula is C11H14F3NOS. The van der Waals surface area contributed by atoms with Crippen LogP contribution in [0.5, 0.6) is 0 Å². The molecule has 6 heteroatoms. The molecular weight excluding hydrogens is 251 g/mol. The summed E-state index contributed by atoms with van der Waals surface area (Å²) in [4.78, 5) is 0. The van der Waals surface area contributed by atoms with Crippen LogP contribution in [0.15, 0.2) is 18.2 Å². The third kappa shape index (κ3) is 4.87. The zero-order valence-electron chi connectivity index (χ0n) is 9.38. The number of benzene rings is 1. The second-order valence-electron chi connectivity index (χ2n) is 3.51. The smallest absolute Gasteiger partial charge is 0.399 e. The van der Waals surface area contributed by atoms with Gasteiger partial charge in [0, 0.05) is 24.3 Å². The van der Waals surface area contributed by atoms with E-state index in [0.717, 1.165) is 17.9 Å².